The molecule has 1 aromatic carbocycles. The Morgan fingerprint density at radius 1 is 1.44 bits per heavy atom. The molecule has 1 fully saturated rings. The molecule has 1 atom stereocenters. The molecule has 1 heterocycles. The van der Waals surface area contributed by atoms with Gasteiger partial charge >= 0.3 is 0 Å². The average Bonchev–Trinajstić information content (AvgIpc) is 2.27. The van der Waals surface area contributed by atoms with Gasteiger partial charge in [-0.15, -0.1) is 0 Å². The van der Waals surface area contributed by atoms with Gasteiger partial charge in [0.1, 0.15) is 0 Å². The molecule has 0 saturated carbocycles. The Hall–Kier alpha value is -0.770. The first kappa shape index (κ1) is 13.7. The fourth-order valence-corrected chi connectivity index (χ4v) is 2.57. The molecule has 1 aromatic rings. The predicted octanol–water partition coefficient (Wildman–Crippen LogP) is 3.01. The second-order valence-electron chi connectivity index (χ2n) is 5.42. The summed E-state index contributed by atoms with van der Waals surface area (Å²) in [6, 6.07) is 5.74. The second kappa shape index (κ2) is 5.08. The lowest BCUT2D eigenvalue weighted by Gasteiger charge is -2.39. The summed E-state index contributed by atoms with van der Waals surface area (Å²) in [5, 5.41) is 10.2. The Morgan fingerprint density at radius 3 is 2.72 bits per heavy atom. The van der Waals surface area contributed by atoms with Crippen molar-refractivity contribution in [3.05, 3.63) is 28.8 Å². The lowest BCUT2D eigenvalue weighted by molar-refractivity contribution is -0.0276. The van der Waals surface area contributed by atoms with Gasteiger partial charge in [-0.25, -0.2) is 0 Å². The van der Waals surface area contributed by atoms with Crippen molar-refractivity contribution in [3.63, 3.8) is 0 Å². The van der Waals surface area contributed by atoms with Crippen molar-refractivity contribution in [2.75, 3.05) is 24.6 Å². The van der Waals surface area contributed by atoms with Crippen LogP contribution in [0.3, 0.4) is 0 Å². The minimum atomic E-state index is -0.488. The highest BCUT2D eigenvalue weighted by atomic mass is 35.5. The van der Waals surface area contributed by atoms with E-state index < -0.39 is 6.10 Å². The van der Waals surface area contributed by atoms with Gasteiger partial charge in [-0.3, -0.25) is 0 Å². The average molecular weight is 270 g/mol. The lowest BCUT2D eigenvalue weighted by Crippen LogP contribution is -2.48. The number of halogens is 1. The van der Waals surface area contributed by atoms with Crippen molar-refractivity contribution in [2.24, 2.45) is 0 Å². The minimum absolute atomic E-state index is 0.148. The third-order valence-corrected chi connectivity index (χ3v) is 3.52. The smallest absolute Gasteiger partial charge is 0.0801 e. The van der Waals surface area contributed by atoms with Crippen LogP contribution in [0.15, 0.2) is 18.2 Å². The van der Waals surface area contributed by atoms with E-state index in [0.717, 1.165) is 24.3 Å². The van der Waals surface area contributed by atoms with Crippen LogP contribution in [0.2, 0.25) is 5.02 Å². The normalized spacial score (nSPS) is 20.8. The summed E-state index contributed by atoms with van der Waals surface area (Å²) in [6.45, 7) is 8.27. The summed E-state index contributed by atoms with van der Waals surface area (Å²) >= 11 is 6.31. The van der Waals surface area contributed by atoms with Gasteiger partial charge in [0.05, 0.1) is 29.0 Å². The van der Waals surface area contributed by atoms with Crippen LogP contribution >= 0.6 is 11.6 Å². The van der Waals surface area contributed by atoms with E-state index in [9.17, 15) is 5.11 Å². The molecule has 0 spiro atoms. The van der Waals surface area contributed by atoms with Gasteiger partial charge in [-0.05, 0) is 38.5 Å². The first-order chi connectivity index (χ1) is 8.39. The van der Waals surface area contributed by atoms with Gasteiger partial charge in [-0.1, -0.05) is 17.7 Å². The highest BCUT2D eigenvalue weighted by molar-refractivity contribution is 6.33. The minimum Gasteiger partial charge on any atom is -0.389 e. The number of morpholine rings is 1. The molecular formula is C14H20ClNO2. The van der Waals surface area contributed by atoms with Gasteiger partial charge < -0.3 is 14.7 Å². The predicted molar refractivity (Wildman–Crippen MR) is 74.3 cm³/mol. The molecule has 4 heteroatoms. The SMILES string of the molecule is C[C@H](O)c1ccc(N2CCOC(C)(C)C2)c(Cl)c1. The number of hydrogen-bond acceptors (Lipinski definition) is 3. The van der Waals surface area contributed by atoms with E-state index in [-0.39, 0.29) is 5.60 Å². The van der Waals surface area contributed by atoms with E-state index in [2.05, 4.69) is 18.7 Å². The van der Waals surface area contributed by atoms with Crippen LogP contribution in [-0.4, -0.2) is 30.4 Å². The third-order valence-electron chi connectivity index (χ3n) is 3.22. The summed E-state index contributed by atoms with van der Waals surface area (Å²) in [6.07, 6.45) is -0.488. The number of ether oxygens (including phenoxy) is 1. The van der Waals surface area contributed by atoms with Crippen LogP contribution in [0.1, 0.15) is 32.4 Å². The Bertz CT molecular complexity index is 432. The van der Waals surface area contributed by atoms with Crippen LogP contribution in [0.25, 0.3) is 0 Å². The Kier molecular flexibility index (Phi) is 3.85. The molecule has 0 bridgehead atoms. The highest BCUT2D eigenvalue weighted by Gasteiger charge is 2.28. The molecular weight excluding hydrogens is 250 g/mol. The molecule has 1 aliphatic heterocycles. The van der Waals surface area contributed by atoms with Crippen LogP contribution in [0.5, 0.6) is 0 Å². The zero-order chi connectivity index (χ0) is 13.3. The number of hydrogen-bond donors (Lipinski definition) is 1. The number of aliphatic hydroxyl groups is 1. The van der Waals surface area contributed by atoms with Gasteiger partial charge in [0.15, 0.2) is 0 Å². The molecule has 1 aliphatic rings. The standard InChI is InChI=1S/C14H20ClNO2/c1-10(17)11-4-5-13(12(15)8-11)16-6-7-18-14(2,3)9-16/h4-5,8,10,17H,6-7,9H2,1-3H3/t10-/m0/s1. The van der Waals surface area contributed by atoms with Crippen LogP contribution in [0.4, 0.5) is 5.69 Å². The van der Waals surface area contributed by atoms with E-state index in [1.165, 1.54) is 0 Å². The molecule has 100 valence electrons. The zero-order valence-electron chi connectivity index (χ0n) is 11.1. The van der Waals surface area contributed by atoms with Crippen LogP contribution in [-0.2, 0) is 4.74 Å². The van der Waals surface area contributed by atoms with Crippen molar-refractivity contribution >= 4 is 17.3 Å². The van der Waals surface area contributed by atoms with E-state index in [4.69, 9.17) is 16.3 Å². The topological polar surface area (TPSA) is 32.7 Å². The van der Waals surface area contributed by atoms with Crippen molar-refractivity contribution < 1.29 is 9.84 Å². The molecule has 1 N–H and O–H groups in total. The number of nitrogens with zero attached hydrogens (tertiary/aromatic N) is 1. The summed E-state index contributed by atoms with van der Waals surface area (Å²) in [4.78, 5) is 2.23. The molecule has 3 nitrogen and oxygen atoms in total. The molecule has 0 amide bonds. The zero-order valence-corrected chi connectivity index (χ0v) is 11.9. The monoisotopic (exact) mass is 269 g/mol. The quantitative estimate of drug-likeness (QED) is 0.896. The fraction of sp³-hybridized carbons (Fsp3) is 0.571. The first-order valence-corrected chi connectivity index (χ1v) is 6.63. The Balaban J connectivity index is 2.23. The molecule has 0 radical (unpaired) electrons. The summed E-state index contributed by atoms with van der Waals surface area (Å²) in [7, 11) is 0. The van der Waals surface area contributed by atoms with Crippen molar-refractivity contribution in [1.29, 1.82) is 0 Å². The van der Waals surface area contributed by atoms with E-state index in [1.807, 2.05) is 18.2 Å². The molecule has 2 rings (SSSR count). The largest absolute Gasteiger partial charge is 0.389 e. The number of benzene rings is 1. The number of rotatable bonds is 2. The van der Waals surface area contributed by atoms with Gasteiger partial charge in [-0.2, -0.15) is 0 Å². The first-order valence-electron chi connectivity index (χ1n) is 6.25. The van der Waals surface area contributed by atoms with Crippen molar-refractivity contribution in [1.82, 2.24) is 0 Å². The maximum absolute atomic E-state index is 9.54. The summed E-state index contributed by atoms with van der Waals surface area (Å²) in [5.41, 5.74) is 1.71. The van der Waals surface area contributed by atoms with Crippen LogP contribution in [0, 0.1) is 0 Å². The van der Waals surface area contributed by atoms with Gasteiger partial charge in [0.2, 0.25) is 0 Å². The molecule has 0 unspecified atom stereocenters. The Labute approximate surface area is 113 Å². The summed E-state index contributed by atoms with van der Waals surface area (Å²) < 4.78 is 5.69. The maximum Gasteiger partial charge on any atom is 0.0801 e. The van der Waals surface area contributed by atoms with Gasteiger partial charge in [0, 0.05) is 13.1 Å². The van der Waals surface area contributed by atoms with Crippen molar-refractivity contribution in [3.8, 4) is 0 Å². The molecule has 0 aliphatic carbocycles. The highest BCUT2D eigenvalue weighted by Crippen LogP contribution is 2.31. The fourth-order valence-electron chi connectivity index (χ4n) is 2.26. The van der Waals surface area contributed by atoms with Crippen molar-refractivity contribution in [2.45, 2.75) is 32.5 Å². The summed E-state index contributed by atoms with van der Waals surface area (Å²) in [5.74, 6) is 0. The lowest BCUT2D eigenvalue weighted by atomic mass is 10.1. The number of aliphatic hydroxyl groups excluding tert-OH is 1. The second-order valence-corrected chi connectivity index (χ2v) is 5.82. The van der Waals surface area contributed by atoms with Crippen LogP contribution < -0.4 is 4.90 Å². The third kappa shape index (κ3) is 2.97. The number of anilines is 1. The molecule has 1 saturated heterocycles. The van der Waals surface area contributed by atoms with E-state index in [0.29, 0.717) is 11.6 Å². The van der Waals surface area contributed by atoms with E-state index in [1.54, 1.807) is 6.92 Å². The molecule has 0 aromatic heterocycles. The van der Waals surface area contributed by atoms with E-state index >= 15 is 0 Å². The molecule has 18 heavy (non-hydrogen) atoms. The maximum atomic E-state index is 9.54. The Morgan fingerprint density at radius 2 is 2.17 bits per heavy atom. The van der Waals surface area contributed by atoms with Gasteiger partial charge in [0.25, 0.3) is 0 Å².